The molecule has 3 rings (SSSR count). The lowest BCUT2D eigenvalue weighted by Gasteiger charge is -2.11. The molecule has 2 aromatic heterocycles. The van der Waals surface area contributed by atoms with Crippen LogP contribution in [0.4, 0.5) is 0 Å². The first-order chi connectivity index (χ1) is 10.9. The summed E-state index contributed by atoms with van der Waals surface area (Å²) in [5.41, 5.74) is 4.13. The van der Waals surface area contributed by atoms with Gasteiger partial charge in [0.05, 0.1) is 17.8 Å². The van der Waals surface area contributed by atoms with E-state index in [4.69, 9.17) is 0 Å². The zero-order chi connectivity index (χ0) is 16.7. The summed E-state index contributed by atoms with van der Waals surface area (Å²) >= 11 is 1.45. The van der Waals surface area contributed by atoms with Crippen molar-refractivity contribution in [2.75, 3.05) is 0 Å². The second-order valence-corrected chi connectivity index (χ2v) is 6.73. The number of Topliss-reactive ketones (excluding diaryl/α,β-unsaturated/α-hetero) is 1. The van der Waals surface area contributed by atoms with Crippen molar-refractivity contribution in [3.8, 4) is 11.1 Å². The maximum absolute atomic E-state index is 12.9. The van der Waals surface area contributed by atoms with Gasteiger partial charge >= 0.3 is 0 Å². The van der Waals surface area contributed by atoms with Gasteiger partial charge in [0, 0.05) is 10.9 Å². The molecular formula is C18H18N2O2S. The van der Waals surface area contributed by atoms with Crippen molar-refractivity contribution in [2.24, 2.45) is 0 Å². The fourth-order valence-electron chi connectivity index (χ4n) is 2.54. The Morgan fingerprint density at radius 2 is 2.00 bits per heavy atom. The lowest BCUT2D eigenvalue weighted by Crippen LogP contribution is -2.27. The summed E-state index contributed by atoms with van der Waals surface area (Å²) in [7, 11) is 0. The van der Waals surface area contributed by atoms with E-state index in [0.29, 0.717) is 10.2 Å². The normalized spacial score (nSPS) is 12.5. The van der Waals surface area contributed by atoms with Gasteiger partial charge in [0.2, 0.25) is 0 Å². The Hall–Kier alpha value is -2.27. The molecule has 118 valence electrons. The Kier molecular flexibility index (Phi) is 3.90. The van der Waals surface area contributed by atoms with Gasteiger partial charge in [-0.05, 0) is 44.4 Å². The highest BCUT2D eigenvalue weighted by atomic mass is 32.1. The van der Waals surface area contributed by atoms with E-state index in [-0.39, 0.29) is 11.3 Å². The van der Waals surface area contributed by atoms with Crippen LogP contribution in [0, 0.1) is 13.8 Å². The van der Waals surface area contributed by atoms with Crippen molar-refractivity contribution in [2.45, 2.75) is 33.7 Å². The van der Waals surface area contributed by atoms with Crippen molar-refractivity contribution >= 4 is 27.3 Å². The van der Waals surface area contributed by atoms with E-state index in [1.54, 1.807) is 6.92 Å². The quantitative estimate of drug-likeness (QED) is 0.733. The lowest BCUT2D eigenvalue weighted by atomic mass is 10.0. The highest BCUT2D eigenvalue weighted by molar-refractivity contribution is 7.17. The molecule has 0 amide bonds. The minimum absolute atomic E-state index is 0.0591. The maximum Gasteiger partial charge on any atom is 0.263 e. The minimum atomic E-state index is -0.507. The predicted octanol–water partition coefficient (Wildman–Crippen LogP) is 3.89. The SMILES string of the molecule is CC(=O)C(C)n1cnc2scc(-c3ccc(C)c(C)c3)c2c1=O. The van der Waals surface area contributed by atoms with Gasteiger partial charge < -0.3 is 0 Å². The molecule has 23 heavy (non-hydrogen) atoms. The number of carbonyl (C=O) groups excluding carboxylic acids is 1. The zero-order valence-corrected chi connectivity index (χ0v) is 14.4. The number of carbonyl (C=O) groups is 1. The number of hydrogen-bond acceptors (Lipinski definition) is 4. The molecule has 0 spiro atoms. The van der Waals surface area contributed by atoms with Gasteiger partial charge in [0.15, 0.2) is 5.78 Å². The van der Waals surface area contributed by atoms with Crippen molar-refractivity contribution in [1.29, 1.82) is 0 Å². The Bertz CT molecular complexity index is 969. The number of nitrogens with zero attached hydrogens (tertiary/aromatic N) is 2. The number of fused-ring (bicyclic) bond motifs is 1. The van der Waals surface area contributed by atoms with Crippen LogP contribution >= 0.6 is 11.3 Å². The van der Waals surface area contributed by atoms with E-state index < -0.39 is 6.04 Å². The number of rotatable bonds is 3. The molecule has 3 aromatic rings. The van der Waals surface area contributed by atoms with E-state index in [9.17, 15) is 9.59 Å². The predicted molar refractivity (Wildman–Crippen MR) is 94.2 cm³/mol. The van der Waals surface area contributed by atoms with Crippen molar-refractivity contribution in [1.82, 2.24) is 9.55 Å². The zero-order valence-electron chi connectivity index (χ0n) is 13.6. The van der Waals surface area contributed by atoms with Crippen molar-refractivity contribution in [3.05, 3.63) is 51.4 Å². The van der Waals surface area contributed by atoms with Crippen LogP contribution in [0.2, 0.25) is 0 Å². The van der Waals surface area contributed by atoms with Gasteiger partial charge in [-0.25, -0.2) is 4.98 Å². The van der Waals surface area contributed by atoms with Crippen LogP contribution in [-0.4, -0.2) is 15.3 Å². The Morgan fingerprint density at radius 1 is 1.26 bits per heavy atom. The van der Waals surface area contributed by atoms with Crippen LogP contribution in [0.25, 0.3) is 21.3 Å². The first-order valence-electron chi connectivity index (χ1n) is 7.46. The summed E-state index contributed by atoms with van der Waals surface area (Å²) in [5.74, 6) is -0.0591. The molecule has 1 unspecified atom stereocenters. The molecule has 0 N–H and O–H groups in total. The summed E-state index contributed by atoms with van der Waals surface area (Å²) in [6, 6.07) is 5.66. The van der Waals surface area contributed by atoms with Gasteiger partial charge in [-0.1, -0.05) is 18.2 Å². The third-order valence-corrected chi connectivity index (χ3v) is 5.23. The maximum atomic E-state index is 12.9. The third-order valence-electron chi connectivity index (χ3n) is 4.34. The van der Waals surface area contributed by atoms with E-state index in [2.05, 4.69) is 31.0 Å². The topological polar surface area (TPSA) is 52.0 Å². The Balaban J connectivity index is 2.27. The number of thiophene rings is 1. The molecule has 0 saturated carbocycles. The van der Waals surface area contributed by atoms with Crippen molar-refractivity contribution < 1.29 is 4.79 Å². The number of aryl methyl sites for hydroxylation is 2. The van der Waals surface area contributed by atoms with Gasteiger partial charge in [-0.2, -0.15) is 0 Å². The average molecular weight is 326 g/mol. The molecule has 0 radical (unpaired) electrons. The number of benzene rings is 1. The first kappa shape index (κ1) is 15.6. The van der Waals surface area contributed by atoms with Crippen LogP contribution in [0.5, 0.6) is 0 Å². The second-order valence-electron chi connectivity index (χ2n) is 5.87. The molecule has 4 nitrogen and oxygen atoms in total. The average Bonchev–Trinajstić information content (AvgIpc) is 2.94. The molecule has 0 aliphatic carbocycles. The molecule has 0 aliphatic heterocycles. The number of ketones is 1. The third kappa shape index (κ3) is 2.61. The van der Waals surface area contributed by atoms with Gasteiger partial charge in [-0.15, -0.1) is 11.3 Å². The summed E-state index contributed by atoms with van der Waals surface area (Å²) in [6.07, 6.45) is 1.47. The highest BCUT2D eigenvalue weighted by Gasteiger charge is 2.18. The summed E-state index contributed by atoms with van der Waals surface area (Å²) in [4.78, 5) is 29.5. The van der Waals surface area contributed by atoms with Crippen LogP contribution in [0.1, 0.15) is 31.0 Å². The number of aromatic nitrogens is 2. The van der Waals surface area contributed by atoms with Crippen LogP contribution in [0.3, 0.4) is 0 Å². The van der Waals surface area contributed by atoms with Crippen LogP contribution in [-0.2, 0) is 4.79 Å². The smallest absolute Gasteiger partial charge is 0.263 e. The number of hydrogen-bond donors (Lipinski definition) is 0. The molecule has 1 atom stereocenters. The molecule has 2 heterocycles. The monoisotopic (exact) mass is 326 g/mol. The van der Waals surface area contributed by atoms with Crippen LogP contribution in [0.15, 0.2) is 34.7 Å². The van der Waals surface area contributed by atoms with E-state index in [1.807, 2.05) is 11.4 Å². The lowest BCUT2D eigenvalue weighted by molar-refractivity contribution is -0.119. The molecule has 0 aliphatic rings. The summed E-state index contributed by atoms with van der Waals surface area (Å²) in [6.45, 7) is 7.33. The van der Waals surface area contributed by atoms with Gasteiger partial charge in [-0.3, -0.25) is 14.2 Å². The standard InChI is InChI=1S/C18H18N2O2S/c1-10-5-6-14(7-11(10)2)15-8-23-17-16(15)18(22)20(9-19-17)12(3)13(4)21/h5-9,12H,1-4H3. The Morgan fingerprint density at radius 3 is 2.65 bits per heavy atom. The van der Waals surface area contributed by atoms with E-state index in [0.717, 1.165) is 11.1 Å². The van der Waals surface area contributed by atoms with Gasteiger partial charge in [0.25, 0.3) is 5.56 Å². The van der Waals surface area contributed by atoms with Crippen molar-refractivity contribution in [3.63, 3.8) is 0 Å². The molecule has 0 bridgehead atoms. The minimum Gasteiger partial charge on any atom is -0.298 e. The summed E-state index contributed by atoms with van der Waals surface area (Å²) < 4.78 is 1.42. The molecule has 0 saturated heterocycles. The first-order valence-corrected chi connectivity index (χ1v) is 8.34. The fourth-order valence-corrected chi connectivity index (χ4v) is 3.45. The summed E-state index contributed by atoms with van der Waals surface area (Å²) in [5, 5.41) is 2.56. The molecule has 1 aromatic carbocycles. The molecule has 5 heteroatoms. The van der Waals surface area contributed by atoms with E-state index in [1.165, 1.54) is 40.3 Å². The van der Waals surface area contributed by atoms with E-state index >= 15 is 0 Å². The highest BCUT2D eigenvalue weighted by Crippen LogP contribution is 2.31. The Labute approximate surface area is 138 Å². The van der Waals surface area contributed by atoms with Gasteiger partial charge in [0.1, 0.15) is 4.83 Å². The molecular weight excluding hydrogens is 308 g/mol. The largest absolute Gasteiger partial charge is 0.298 e. The second kappa shape index (κ2) is 5.74. The fraction of sp³-hybridized carbons (Fsp3) is 0.278. The molecule has 0 fully saturated rings. The van der Waals surface area contributed by atoms with Crippen LogP contribution < -0.4 is 5.56 Å².